The number of ether oxygens (including phenoxy) is 4. The topological polar surface area (TPSA) is 70.3 Å². The fourth-order valence-corrected chi connectivity index (χ4v) is 12.8. The number of methoxy groups -OCH3 is 2. The highest BCUT2D eigenvalue weighted by atomic mass is 16.7. The molecule has 3 saturated heterocycles. The molecule has 10 atom stereocenters. The van der Waals surface area contributed by atoms with Crippen molar-refractivity contribution >= 4 is 27.6 Å². The Morgan fingerprint density at radius 3 is 2.30 bits per heavy atom. The van der Waals surface area contributed by atoms with E-state index in [2.05, 4.69) is 90.4 Å². The maximum Gasteiger partial charge on any atom is 0.168 e. The number of para-hydroxylation sites is 1. The van der Waals surface area contributed by atoms with E-state index in [1.54, 1.807) is 13.2 Å². The van der Waals surface area contributed by atoms with Crippen molar-refractivity contribution in [1.82, 2.24) is 18.9 Å². The second kappa shape index (κ2) is 11.9. The minimum Gasteiger partial charge on any atom is -0.500 e. The lowest BCUT2D eigenvalue weighted by atomic mass is 9.62. The Labute approximate surface area is 312 Å². The zero-order chi connectivity index (χ0) is 36.7. The number of ketones is 1. The Morgan fingerprint density at radius 2 is 1.55 bits per heavy atom. The van der Waals surface area contributed by atoms with Crippen LogP contribution in [0.1, 0.15) is 66.9 Å². The third kappa shape index (κ3) is 4.54. The van der Waals surface area contributed by atoms with E-state index in [0.29, 0.717) is 37.1 Å². The van der Waals surface area contributed by atoms with Gasteiger partial charge < -0.3 is 28.1 Å². The molecular weight excluding hydrogens is 665 g/mol. The van der Waals surface area contributed by atoms with Gasteiger partial charge in [-0.2, -0.15) is 0 Å². The maximum atomic E-state index is 12.8. The Morgan fingerprint density at radius 1 is 0.849 bits per heavy atom. The average molecular weight is 719 g/mol. The van der Waals surface area contributed by atoms with Crippen LogP contribution in [0.25, 0.3) is 21.8 Å². The molecular formula is C44H54N4O5. The minimum atomic E-state index is -0.728. The van der Waals surface area contributed by atoms with Gasteiger partial charge in [0.25, 0.3) is 0 Å². The second-order valence-corrected chi connectivity index (χ2v) is 17.3. The molecule has 6 aliphatic heterocycles. The Bertz CT molecular complexity index is 2200. The number of carbonyl (C=O) groups is 1. The Kier molecular flexibility index (Phi) is 7.63. The van der Waals surface area contributed by atoms with Crippen molar-refractivity contribution in [3.63, 3.8) is 0 Å². The standard InChI is InChI=1S/C44H54N4O5/c1-23(49)30-20-52-21-31-25(30)16-38-43-29(19-37(31)46(38)4)41-28(40(50-7)14-13-35(41)48(43)6)15-33-26-17-39-42-27(24-11-9-10-12-34(24)47(42)5)18-36(45(39)3)32(26)22-53-44(33,2)51-8/h9-14,20,25-26,31-33,36-39H,15-19,21-22H2,1-8H3/t25-,26+,31+,32+,33-,36-,37-,38-,39-,44?/m0/s1. The summed E-state index contributed by atoms with van der Waals surface area (Å²) in [5.41, 5.74) is 10.5. The second-order valence-electron chi connectivity index (χ2n) is 17.3. The lowest BCUT2D eigenvalue weighted by Crippen LogP contribution is -2.62. The molecule has 3 fully saturated rings. The van der Waals surface area contributed by atoms with Gasteiger partial charge >= 0.3 is 0 Å². The van der Waals surface area contributed by atoms with Gasteiger partial charge in [0, 0.05) is 95.4 Å². The molecule has 2 aromatic heterocycles. The lowest BCUT2D eigenvalue weighted by molar-refractivity contribution is -0.301. The van der Waals surface area contributed by atoms with E-state index in [9.17, 15) is 4.79 Å². The number of hydrogen-bond donors (Lipinski definition) is 0. The van der Waals surface area contributed by atoms with Gasteiger partial charge in [-0.25, -0.2) is 0 Å². The van der Waals surface area contributed by atoms with Crippen molar-refractivity contribution in [1.29, 1.82) is 0 Å². The van der Waals surface area contributed by atoms with Crippen LogP contribution in [-0.4, -0.2) is 84.1 Å². The van der Waals surface area contributed by atoms with Crippen molar-refractivity contribution in [2.45, 2.75) is 75.9 Å². The molecule has 0 saturated carbocycles. The molecule has 9 heteroatoms. The van der Waals surface area contributed by atoms with E-state index in [0.717, 1.165) is 43.4 Å². The van der Waals surface area contributed by atoms with E-state index in [1.165, 1.54) is 49.9 Å². The number of benzene rings is 2. The van der Waals surface area contributed by atoms with E-state index in [1.807, 2.05) is 14.2 Å². The summed E-state index contributed by atoms with van der Waals surface area (Å²) in [6.45, 7) is 5.23. The largest absolute Gasteiger partial charge is 0.500 e. The molecule has 10 rings (SSSR count). The molecule has 2 aromatic carbocycles. The van der Waals surface area contributed by atoms with E-state index >= 15 is 0 Å². The van der Waals surface area contributed by atoms with Crippen LogP contribution in [0, 0.1) is 29.6 Å². The molecule has 0 aliphatic carbocycles. The van der Waals surface area contributed by atoms with Gasteiger partial charge in [0.05, 0.1) is 38.7 Å². The zero-order valence-corrected chi connectivity index (χ0v) is 32.5. The third-order valence-corrected chi connectivity index (χ3v) is 15.5. The van der Waals surface area contributed by atoms with Gasteiger partial charge in [-0.15, -0.1) is 0 Å². The average Bonchev–Trinajstić information content (AvgIpc) is 3.59. The van der Waals surface area contributed by atoms with Gasteiger partial charge in [0.1, 0.15) is 5.75 Å². The summed E-state index contributed by atoms with van der Waals surface area (Å²) in [6.07, 6.45) is 6.51. The number of likely N-dealkylation sites (N-methyl/N-ethyl adjacent to an activating group) is 2. The van der Waals surface area contributed by atoms with E-state index in [4.69, 9.17) is 18.9 Å². The molecule has 4 bridgehead atoms. The lowest BCUT2D eigenvalue weighted by Gasteiger charge is -2.58. The van der Waals surface area contributed by atoms with Crippen molar-refractivity contribution in [2.75, 3.05) is 41.5 Å². The molecule has 0 radical (unpaired) electrons. The molecule has 4 aromatic rings. The summed E-state index contributed by atoms with van der Waals surface area (Å²) >= 11 is 0. The fraction of sp³-hybridized carbons (Fsp3) is 0.568. The van der Waals surface area contributed by atoms with Crippen LogP contribution in [0.5, 0.6) is 5.75 Å². The first-order chi connectivity index (χ1) is 25.6. The normalized spacial score (nSPS) is 34.9. The summed E-state index contributed by atoms with van der Waals surface area (Å²) in [6, 6.07) is 14.6. The summed E-state index contributed by atoms with van der Waals surface area (Å²) < 4.78 is 30.5. The summed E-state index contributed by atoms with van der Waals surface area (Å²) in [5, 5.41) is 2.74. The number of rotatable bonds is 5. The first-order valence-electron chi connectivity index (χ1n) is 19.7. The number of allylic oxidation sites excluding steroid dienone is 1. The summed E-state index contributed by atoms with van der Waals surface area (Å²) in [5.74, 6) is 1.78. The van der Waals surface area contributed by atoms with E-state index in [-0.39, 0.29) is 35.6 Å². The van der Waals surface area contributed by atoms with Gasteiger partial charge in [-0.3, -0.25) is 14.6 Å². The SMILES string of the molecule is COc1ccc2c(c1C[C@H]1[C@@H]3C[C@H]4c5c(c6ccccc6n5C)C[C@@H]([C@@H]3COC1(C)OC)N4C)c1c(n2C)[C@@H]2C[C@H]3C(C(C)=O)=COC[C@H]3[C@H](C1)N2C. The number of fused-ring (bicyclic) bond motifs is 16. The molecule has 0 amide bonds. The van der Waals surface area contributed by atoms with Crippen LogP contribution in [0.15, 0.2) is 48.2 Å². The monoisotopic (exact) mass is 718 g/mol. The fourth-order valence-electron chi connectivity index (χ4n) is 12.8. The molecule has 9 nitrogen and oxygen atoms in total. The van der Waals surface area contributed by atoms with Crippen molar-refractivity contribution < 1.29 is 23.7 Å². The molecule has 0 spiro atoms. The quantitative estimate of drug-likeness (QED) is 0.234. The molecule has 280 valence electrons. The predicted octanol–water partition coefficient (Wildman–Crippen LogP) is 6.50. The first-order valence-corrected chi connectivity index (χ1v) is 19.7. The number of carbonyl (C=O) groups excluding carboxylic acids is 1. The highest BCUT2D eigenvalue weighted by molar-refractivity contribution is 5.94. The highest BCUT2D eigenvalue weighted by Crippen LogP contribution is 2.57. The van der Waals surface area contributed by atoms with Crippen LogP contribution >= 0.6 is 0 Å². The number of aromatic nitrogens is 2. The van der Waals surface area contributed by atoms with Crippen LogP contribution in [0.4, 0.5) is 0 Å². The van der Waals surface area contributed by atoms with Gasteiger partial charge in [0.2, 0.25) is 0 Å². The summed E-state index contributed by atoms with van der Waals surface area (Å²) in [7, 11) is 12.8. The van der Waals surface area contributed by atoms with Crippen LogP contribution in [0.3, 0.4) is 0 Å². The Hall–Kier alpha value is -3.63. The highest BCUT2D eigenvalue weighted by Gasteiger charge is 2.57. The molecule has 1 unspecified atom stereocenters. The van der Waals surface area contributed by atoms with Crippen molar-refractivity contribution in [3.05, 3.63) is 76.3 Å². The Balaban J connectivity index is 1.09. The maximum absolute atomic E-state index is 12.8. The molecule has 6 aliphatic rings. The molecule has 53 heavy (non-hydrogen) atoms. The number of nitrogens with zero attached hydrogens (tertiary/aromatic N) is 4. The van der Waals surface area contributed by atoms with Crippen molar-refractivity contribution in [3.8, 4) is 5.75 Å². The number of hydrogen-bond acceptors (Lipinski definition) is 7. The van der Waals surface area contributed by atoms with Gasteiger partial charge in [-0.1, -0.05) is 18.2 Å². The smallest absolute Gasteiger partial charge is 0.168 e. The molecule has 8 heterocycles. The molecule has 0 N–H and O–H groups in total. The van der Waals surface area contributed by atoms with Crippen LogP contribution < -0.4 is 4.74 Å². The minimum absolute atomic E-state index is 0.127. The number of Topliss-reactive ketones (excluding diaryl/α,β-unsaturated/α-hetero) is 1. The zero-order valence-electron chi connectivity index (χ0n) is 32.5. The first kappa shape index (κ1) is 33.9. The van der Waals surface area contributed by atoms with E-state index < -0.39 is 5.79 Å². The number of aryl methyl sites for hydroxylation is 2. The predicted molar refractivity (Wildman–Crippen MR) is 205 cm³/mol. The third-order valence-electron chi connectivity index (χ3n) is 15.5. The number of piperidine rings is 2. The van der Waals surface area contributed by atoms with Gasteiger partial charge in [0.15, 0.2) is 11.6 Å². The summed E-state index contributed by atoms with van der Waals surface area (Å²) in [4.78, 5) is 18.0. The van der Waals surface area contributed by atoms with Crippen LogP contribution in [0.2, 0.25) is 0 Å². The van der Waals surface area contributed by atoms with Crippen molar-refractivity contribution in [2.24, 2.45) is 43.7 Å². The van der Waals surface area contributed by atoms with Crippen LogP contribution in [-0.2, 0) is 52.4 Å². The van der Waals surface area contributed by atoms with Gasteiger partial charge in [-0.05, 0) is 101 Å².